The number of likely N-dealkylation sites (tertiary alicyclic amines) is 1. The Morgan fingerprint density at radius 1 is 1.29 bits per heavy atom. The molecule has 0 amide bonds. The topological polar surface area (TPSA) is 67.2 Å². The highest BCUT2D eigenvalue weighted by Crippen LogP contribution is 2.20. The number of piperidine rings is 1. The van der Waals surface area contributed by atoms with Crippen LogP contribution in [-0.4, -0.2) is 49.3 Å². The molecule has 0 spiro atoms. The van der Waals surface area contributed by atoms with Crippen molar-refractivity contribution < 1.29 is 8.42 Å². The third kappa shape index (κ3) is 4.23. The molecular weight excluding hydrogens is 324 g/mol. The summed E-state index contributed by atoms with van der Waals surface area (Å²) in [7, 11) is -3.42. The van der Waals surface area contributed by atoms with Gasteiger partial charge in [0.25, 0.3) is 0 Å². The number of benzene rings is 1. The summed E-state index contributed by atoms with van der Waals surface area (Å²) in [6, 6.07) is 8.87. The average Bonchev–Trinajstić information content (AvgIpc) is 3.02. The number of hydrogen-bond acceptors (Lipinski definition) is 4. The lowest BCUT2D eigenvalue weighted by atomic mass is 10.1. The van der Waals surface area contributed by atoms with E-state index in [0.717, 1.165) is 25.9 Å². The summed E-state index contributed by atoms with van der Waals surface area (Å²) in [6.45, 7) is 5.09. The van der Waals surface area contributed by atoms with E-state index in [2.05, 4.69) is 20.9 Å². The van der Waals surface area contributed by atoms with E-state index in [9.17, 15) is 8.42 Å². The van der Waals surface area contributed by atoms with E-state index >= 15 is 0 Å². The minimum atomic E-state index is -3.42. The fraction of sp³-hybridized carbons (Fsp3) is 0.471. The lowest BCUT2D eigenvalue weighted by Gasteiger charge is -2.32. The highest BCUT2D eigenvalue weighted by atomic mass is 32.2. The summed E-state index contributed by atoms with van der Waals surface area (Å²) in [5.74, 6) is 0. The smallest absolute Gasteiger partial charge is 0.240 e. The summed E-state index contributed by atoms with van der Waals surface area (Å²) < 4.78 is 29.2. The Bertz CT molecular complexity index is 758. The van der Waals surface area contributed by atoms with Gasteiger partial charge in [0.15, 0.2) is 0 Å². The number of hydrogen-bond donors (Lipinski definition) is 1. The monoisotopic (exact) mass is 348 g/mol. The molecule has 1 aliphatic rings. The number of nitrogens with zero attached hydrogens (tertiary/aromatic N) is 3. The summed E-state index contributed by atoms with van der Waals surface area (Å²) in [5, 5.41) is 4.41. The summed E-state index contributed by atoms with van der Waals surface area (Å²) in [6.07, 6.45) is 6.18. The first-order valence-corrected chi connectivity index (χ1v) is 9.81. The number of aryl methyl sites for hydroxylation is 1. The van der Waals surface area contributed by atoms with Crippen molar-refractivity contribution in [2.75, 3.05) is 26.2 Å². The molecule has 7 heteroatoms. The zero-order valence-electron chi connectivity index (χ0n) is 13.9. The Labute approximate surface area is 143 Å². The van der Waals surface area contributed by atoms with Crippen LogP contribution >= 0.6 is 0 Å². The van der Waals surface area contributed by atoms with Crippen LogP contribution in [0.3, 0.4) is 0 Å². The zero-order valence-corrected chi connectivity index (χ0v) is 14.7. The minimum Gasteiger partial charge on any atom is -0.300 e. The fourth-order valence-electron chi connectivity index (χ4n) is 3.10. The highest BCUT2D eigenvalue weighted by molar-refractivity contribution is 7.89. The molecule has 0 bridgehead atoms. The van der Waals surface area contributed by atoms with Crippen molar-refractivity contribution in [3.63, 3.8) is 0 Å². The molecule has 1 aromatic carbocycles. The van der Waals surface area contributed by atoms with Crippen LogP contribution in [0.2, 0.25) is 0 Å². The standard InChI is InChI=1S/C17H24N4O2S/c1-15-12-18-21(13-15)16-6-5-10-20(14-16)11-9-19-24(22,23)17-7-3-2-4-8-17/h2-4,7-8,12-13,16,19H,5-6,9-11,14H2,1H3. The van der Waals surface area contributed by atoms with Crippen LogP contribution < -0.4 is 4.72 Å². The lowest BCUT2D eigenvalue weighted by molar-refractivity contribution is 0.172. The van der Waals surface area contributed by atoms with Gasteiger partial charge in [-0.1, -0.05) is 18.2 Å². The van der Waals surface area contributed by atoms with Gasteiger partial charge in [-0.25, -0.2) is 13.1 Å². The van der Waals surface area contributed by atoms with Crippen LogP contribution in [-0.2, 0) is 10.0 Å². The van der Waals surface area contributed by atoms with Crippen molar-refractivity contribution >= 4 is 10.0 Å². The first-order chi connectivity index (χ1) is 11.5. The molecule has 1 unspecified atom stereocenters. The van der Waals surface area contributed by atoms with Crippen molar-refractivity contribution in [2.24, 2.45) is 0 Å². The van der Waals surface area contributed by atoms with Crippen molar-refractivity contribution in [1.29, 1.82) is 0 Å². The van der Waals surface area contributed by atoms with Crippen LogP contribution in [0.4, 0.5) is 0 Å². The van der Waals surface area contributed by atoms with Gasteiger partial charge in [-0.3, -0.25) is 9.58 Å². The van der Waals surface area contributed by atoms with Crippen molar-refractivity contribution in [2.45, 2.75) is 30.7 Å². The van der Waals surface area contributed by atoms with E-state index in [1.54, 1.807) is 24.3 Å². The van der Waals surface area contributed by atoms with Gasteiger partial charge in [-0.05, 0) is 44.0 Å². The maximum atomic E-state index is 12.2. The third-order valence-corrected chi connectivity index (χ3v) is 5.84. The van der Waals surface area contributed by atoms with Crippen molar-refractivity contribution in [3.05, 3.63) is 48.3 Å². The predicted octanol–water partition coefficient (Wildman–Crippen LogP) is 1.81. The van der Waals surface area contributed by atoms with Gasteiger partial charge >= 0.3 is 0 Å². The van der Waals surface area contributed by atoms with Crippen molar-refractivity contribution in [1.82, 2.24) is 19.4 Å². The van der Waals surface area contributed by atoms with E-state index in [0.29, 0.717) is 24.0 Å². The lowest BCUT2D eigenvalue weighted by Crippen LogP contribution is -2.41. The Balaban J connectivity index is 1.51. The van der Waals surface area contributed by atoms with Gasteiger partial charge in [0.05, 0.1) is 17.1 Å². The molecule has 1 atom stereocenters. The van der Waals surface area contributed by atoms with Crippen LogP contribution in [0.1, 0.15) is 24.4 Å². The van der Waals surface area contributed by atoms with E-state index in [-0.39, 0.29) is 0 Å². The first-order valence-electron chi connectivity index (χ1n) is 8.32. The maximum Gasteiger partial charge on any atom is 0.240 e. The normalized spacial score (nSPS) is 19.5. The molecular formula is C17H24N4O2S. The van der Waals surface area contributed by atoms with Crippen molar-refractivity contribution in [3.8, 4) is 0 Å². The molecule has 0 saturated carbocycles. The fourth-order valence-corrected chi connectivity index (χ4v) is 4.15. The van der Waals surface area contributed by atoms with E-state index in [1.165, 1.54) is 5.56 Å². The molecule has 1 saturated heterocycles. The molecule has 1 N–H and O–H groups in total. The van der Waals surface area contributed by atoms with Gasteiger partial charge in [-0.15, -0.1) is 0 Å². The molecule has 24 heavy (non-hydrogen) atoms. The Hall–Kier alpha value is -1.70. The zero-order chi connectivity index (χ0) is 17.0. The van der Waals surface area contributed by atoms with Gasteiger partial charge in [-0.2, -0.15) is 5.10 Å². The summed E-state index contributed by atoms with van der Waals surface area (Å²) in [5.41, 5.74) is 1.17. The van der Waals surface area contributed by atoms with Gasteiger partial charge in [0.1, 0.15) is 0 Å². The average molecular weight is 348 g/mol. The molecule has 1 fully saturated rings. The molecule has 6 nitrogen and oxygen atoms in total. The number of rotatable bonds is 6. The molecule has 0 radical (unpaired) electrons. The minimum absolute atomic E-state index is 0.313. The first kappa shape index (κ1) is 17.1. The van der Waals surface area contributed by atoms with Gasteiger partial charge < -0.3 is 0 Å². The van der Waals surface area contributed by atoms with Crippen LogP contribution in [0.25, 0.3) is 0 Å². The summed E-state index contributed by atoms with van der Waals surface area (Å²) in [4.78, 5) is 2.62. The Morgan fingerprint density at radius 3 is 2.79 bits per heavy atom. The number of sulfonamides is 1. The largest absolute Gasteiger partial charge is 0.300 e. The van der Waals surface area contributed by atoms with Crippen LogP contribution in [0.5, 0.6) is 0 Å². The molecule has 0 aliphatic carbocycles. The predicted molar refractivity (Wildman–Crippen MR) is 93.3 cm³/mol. The van der Waals surface area contributed by atoms with E-state index < -0.39 is 10.0 Å². The molecule has 2 heterocycles. The highest BCUT2D eigenvalue weighted by Gasteiger charge is 2.22. The second-order valence-corrected chi connectivity index (χ2v) is 8.07. The molecule has 1 aliphatic heterocycles. The van der Waals surface area contributed by atoms with Gasteiger partial charge in [0, 0.05) is 25.8 Å². The molecule has 3 rings (SSSR count). The number of aromatic nitrogens is 2. The SMILES string of the molecule is Cc1cnn(C2CCCN(CCNS(=O)(=O)c3ccccc3)C2)c1. The van der Waals surface area contributed by atoms with Crippen LogP contribution in [0.15, 0.2) is 47.6 Å². The maximum absolute atomic E-state index is 12.2. The Kier molecular flexibility index (Phi) is 5.33. The van der Waals surface area contributed by atoms with Gasteiger partial charge in [0.2, 0.25) is 10.0 Å². The number of nitrogens with one attached hydrogen (secondary N) is 1. The quantitative estimate of drug-likeness (QED) is 0.864. The van der Waals surface area contributed by atoms with E-state index in [1.807, 2.05) is 23.9 Å². The molecule has 1 aromatic heterocycles. The second-order valence-electron chi connectivity index (χ2n) is 6.31. The van der Waals surface area contributed by atoms with E-state index in [4.69, 9.17) is 0 Å². The van der Waals surface area contributed by atoms with Crippen LogP contribution in [0, 0.1) is 6.92 Å². The third-order valence-electron chi connectivity index (χ3n) is 4.36. The Morgan fingerprint density at radius 2 is 2.08 bits per heavy atom. The summed E-state index contributed by atoms with van der Waals surface area (Å²) >= 11 is 0. The second kappa shape index (κ2) is 7.46. The molecule has 130 valence electrons. The molecule has 2 aromatic rings.